The second kappa shape index (κ2) is 10.6. The maximum absolute atomic E-state index is 13.4. The molecule has 204 valence electrons. The van der Waals surface area contributed by atoms with Gasteiger partial charge in [-0.1, -0.05) is 27.2 Å². The van der Waals surface area contributed by atoms with E-state index in [-0.39, 0.29) is 21.8 Å². The van der Waals surface area contributed by atoms with Gasteiger partial charge in [0, 0.05) is 30.5 Å². The van der Waals surface area contributed by atoms with E-state index in [4.69, 9.17) is 15.5 Å². The summed E-state index contributed by atoms with van der Waals surface area (Å²) in [7, 11) is -4.26. The smallest absolute Gasteiger partial charge is 0.268 e. The maximum atomic E-state index is 13.4. The summed E-state index contributed by atoms with van der Waals surface area (Å²) in [6.45, 7) is 11.7. The lowest BCUT2D eigenvalue weighted by molar-refractivity contribution is 0.0981. The maximum Gasteiger partial charge on any atom is 0.268 e. The first-order valence-electron chi connectivity index (χ1n) is 12.7. The summed E-state index contributed by atoms with van der Waals surface area (Å²) in [5.41, 5.74) is 5.57. The molecule has 0 radical (unpaired) electrons. The van der Waals surface area contributed by atoms with Crippen LogP contribution < -0.4 is 20.1 Å². The van der Waals surface area contributed by atoms with Crippen molar-refractivity contribution >= 4 is 27.6 Å². The molecule has 0 aliphatic carbocycles. The van der Waals surface area contributed by atoms with Crippen LogP contribution in [-0.2, 0) is 10.0 Å². The Balaban J connectivity index is 1.70. The number of hydrogen-bond acceptors (Lipinski definition) is 9. The van der Waals surface area contributed by atoms with Gasteiger partial charge in [-0.2, -0.15) is 0 Å². The number of rotatable bonds is 9. The fourth-order valence-corrected chi connectivity index (χ4v) is 5.68. The highest BCUT2D eigenvalue weighted by molar-refractivity contribution is 7.90. The van der Waals surface area contributed by atoms with Crippen LogP contribution in [0, 0.1) is 11.8 Å². The Bertz CT molecular complexity index is 1420. The number of carbonyl (C=O) groups is 1. The number of amides is 1. The first-order chi connectivity index (χ1) is 17.9. The summed E-state index contributed by atoms with van der Waals surface area (Å²) in [5, 5.41) is 4.49. The first kappa shape index (κ1) is 27.4. The molecule has 38 heavy (non-hydrogen) atoms. The topological polar surface area (TPSA) is 145 Å². The number of nitrogen functional groups attached to an aromatic ring is 1. The fraction of sp³-hybridized carbons (Fsp3) is 0.462. The lowest BCUT2D eigenvalue weighted by Crippen LogP contribution is -2.41. The molecule has 12 heteroatoms. The number of sulfonamides is 1. The summed E-state index contributed by atoms with van der Waals surface area (Å²) in [6.07, 6.45) is 5.01. The van der Waals surface area contributed by atoms with Crippen LogP contribution in [0.1, 0.15) is 57.8 Å². The number of hydrogen-bond donors (Lipinski definition) is 2. The minimum absolute atomic E-state index is 0.127. The molecule has 1 fully saturated rings. The highest BCUT2D eigenvalue weighted by atomic mass is 32.2. The van der Waals surface area contributed by atoms with Gasteiger partial charge in [0.1, 0.15) is 16.5 Å². The van der Waals surface area contributed by atoms with E-state index in [2.05, 4.69) is 49.4 Å². The Labute approximate surface area is 223 Å². The summed E-state index contributed by atoms with van der Waals surface area (Å²) < 4.78 is 35.4. The average Bonchev–Trinajstić information content (AvgIpc) is 3.44. The van der Waals surface area contributed by atoms with Gasteiger partial charge in [-0.3, -0.25) is 4.79 Å². The Hall–Kier alpha value is -3.67. The number of nitrogens with two attached hydrogens (primary N) is 1. The van der Waals surface area contributed by atoms with Gasteiger partial charge in [0.15, 0.2) is 5.82 Å². The van der Waals surface area contributed by atoms with Crippen molar-refractivity contribution in [3.05, 3.63) is 48.3 Å². The highest BCUT2D eigenvalue weighted by Crippen LogP contribution is 2.37. The van der Waals surface area contributed by atoms with Gasteiger partial charge in [-0.15, -0.1) is 5.10 Å². The molecule has 1 aliphatic heterocycles. The third-order valence-corrected chi connectivity index (χ3v) is 8.14. The predicted molar refractivity (Wildman–Crippen MR) is 145 cm³/mol. The van der Waals surface area contributed by atoms with E-state index in [0.29, 0.717) is 42.5 Å². The molecule has 3 aromatic rings. The summed E-state index contributed by atoms with van der Waals surface area (Å²) in [4.78, 5) is 23.8. The molecule has 4 rings (SSSR count). The highest BCUT2D eigenvalue weighted by Gasteiger charge is 2.39. The minimum Gasteiger partial charge on any atom is -0.476 e. The van der Waals surface area contributed by atoms with E-state index < -0.39 is 15.9 Å². The van der Waals surface area contributed by atoms with Crippen LogP contribution in [0.2, 0.25) is 0 Å². The monoisotopic (exact) mass is 541 g/mol. The van der Waals surface area contributed by atoms with Gasteiger partial charge < -0.3 is 15.4 Å². The largest absolute Gasteiger partial charge is 0.476 e. The van der Waals surface area contributed by atoms with E-state index in [1.165, 1.54) is 18.3 Å². The van der Waals surface area contributed by atoms with Crippen molar-refractivity contribution in [2.24, 2.45) is 11.8 Å². The zero-order valence-corrected chi connectivity index (χ0v) is 23.2. The molecule has 3 N–H and O–H groups in total. The molecule has 0 aromatic carbocycles. The van der Waals surface area contributed by atoms with Crippen LogP contribution in [0.3, 0.4) is 0 Å². The fourth-order valence-electron chi connectivity index (χ4n) is 4.63. The van der Waals surface area contributed by atoms with Crippen LogP contribution in [0.5, 0.6) is 5.88 Å². The zero-order chi connectivity index (χ0) is 27.7. The molecule has 4 heterocycles. The van der Waals surface area contributed by atoms with Crippen LogP contribution in [0.25, 0.3) is 5.82 Å². The molecule has 0 saturated carbocycles. The SMILES string of the molecule is CCC(C)COc1ccn(-c2ccc(C(=O)NS(=O)(=O)c3cccnc3N)c(N3C[C@@H](C)CC3(C)C)n2)n1. The summed E-state index contributed by atoms with van der Waals surface area (Å²) in [6, 6.07) is 7.69. The number of aromatic nitrogens is 4. The van der Waals surface area contributed by atoms with E-state index >= 15 is 0 Å². The number of anilines is 2. The molecule has 0 spiro atoms. The summed E-state index contributed by atoms with van der Waals surface area (Å²) in [5.74, 6) is 1.09. The Morgan fingerprint density at radius 2 is 2.05 bits per heavy atom. The quantitative estimate of drug-likeness (QED) is 0.416. The van der Waals surface area contributed by atoms with Crippen molar-refractivity contribution in [3.8, 4) is 11.7 Å². The Morgan fingerprint density at radius 1 is 1.29 bits per heavy atom. The predicted octanol–water partition coefficient (Wildman–Crippen LogP) is 3.41. The molecule has 1 saturated heterocycles. The molecule has 1 aliphatic rings. The van der Waals surface area contributed by atoms with E-state index in [0.717, 1.165) is 12.8 Å². The van der Waals surface area contributed by atoms with Gasteiger partial charge in [-0.25, -0.2) is 27.8 Å². The minimum atomic E-state index is -4.26. The average molecular weight is 542 g/mol. The van der Waals surface area contributed by atoms with Gasteiger partial charge in [-0.05, 0) is 56.4 Å². The van der Waals surface area contributed by atoms with Crippen LogP contribution in [0.15, 0.2) is 47.6 Å². The molecule has 1 unspecified atom stereocenters. The van der Waals surface area contributed by atoms with Crippen molar-refractivity contribution in [1.82, 2.24) is 24.5 Å². The van der Waals surface area contributed by atoms with Crippen molar-refractivity contribution in [2.45, 2.75) is 57.9 Å². The number of ether oxygens (including phenoxy) is 1. The Morgan fingerprint density at radius 3 is 2.71 bits per heavy atom. The van der Waals surface area contributed by atoms with Crippen molar-refractivity contribution < 1.29 is 17.9 Å². The molecule has 3 aromatic heterocycles. The number of nitrogens with zero attached hydrogens (tertiary/aromatic N) is 5. The molecule has 0 bridgehead atoms. The number of carbonyl (C=O) groups excluding carboxylic acids is 1. The zero-order valence-electron chi connectivity index (χ0n) is 22.4. The number of pyridine rings is 2. The normalized spacial score (nSPS) is 17.8. The standard InChI is InChI=1S/C26H35N7O4S/c1-6-17(2)16-37-22-11-13-33(30-22)21-10-9-19(24(29-21)32-15-18(3)14-26(32,4)5)25(34)31-38(35,36)20-8-7-12-28-23(20)27/h7-13,17-18H,6,14-16H2,1-5H3,(H2,27,28)(H,31,34)/t17?,18-/m0/s1. The third-order valence-electron chi connectivity index (χ3n) is 6.76. The van der Waals surface area contributed by atoms with E-state index in [1.54, 1.807) is 29.1 Å². The summed E-state index contributed by atoms with van der Waals surface area (Å²) >= 11 is 0. The first-order valence-corrected chi connectivity index (χ1v) is 14.1. The van der Waals surface area contributed by atoms with Gasteiger partial charge >= 0.3 is 0 Å². The van der Waals surface area contributed by atoms with Crippen LogP contribution >= 0.6 is 0 Å². The van der Waals surface area contributed by atoms with Crippen molar-refractivity contribution in [3.63, 3.8) is 0 Å². The molecule has 1 amide bonds. The van der Waals surface area contributed by atoms with Crippen LogP contribution in [-0.4, -0.2) is 52.8 Å². The third kappa shape index (κ3) is 5.74. The van der Waals surface area contributed by atoms with E-state index in [1.807, 2.05) is 4.90 Å². The molecular weight excluding hydrogens is 506 g/mol. The van der Waals surface area contributed by atoms with Gasteiger partial charge in [0.05, 0.1) is 12.2 Å². The molecule has 2 atom stereocenters. The van der Waals surface area contributed by atoms with Crippen LogP contribution in [0.4, 0.5) is 11.6 Å². The van der Waals surface area contributed by atoms with Gasteiger partial charge in [0.25, 0.3) is 15.9 Å². The van der Waals surface area contributed by atoms with Crippen molar-refractivity contribution in [2.75, 3.05) is 23.8 Å². The second-order valence-corrected chi connectivity index (χ2v) is 12.2. The molecule has 11 nitrogen and oxygen atoms in total. The molecular formula is C26H35N7O4S. The van der Waals surface area contributed by atoms with E-state index in [9.17, 15) is 13.2 Å². The van der Waals surface area contributed by atoms with Gasteiger partial charge in [0.2, 0.25) is 5.88 Å². The lowest BCUT2D eigenvalue weighted by atomic mass is 9.97. The Kier molecular flexibility index (Phi) is 7.63. The lowest BCUT2D eigenvalue weighted by Gasteiger charge is -2.34. The second-order valence-electron chi connectivity index (χ2n) is 10.5. The van der Waals surface area contributed by atoms with Crippen molar-refractivity contribution in [1.29, 1.82) is 0 Å². The number of nitrogens with one attached hydrogen (secondary N) is 1.